The van der Waals surface area contributed by atoms with Crippen molar-refractivity contribution in [2.24, 2.45) is 0 Å². The number of ether oxygens (including phenoxy) is 2. The second-order valence-electron chi connectivity index (χ2n) is 6.44. The zero-order valence-electron chi connectivity index (χ0n) is 15.8. The molecule has 0 aromatic heterocycles. The van der Waals surface area contributed by atoms with Crippen molar-refractivity contribution in [3.8, 4) is 11.5 Å². The summed E-state index contributed by atoms with van der Waals surface area (Å²) in [6.07, 6.45) is 0. The van der Waals surface area contributed by atoms with E-state index in [1.54, 1.807) is 12.1 Å². The second-order valence-corrected chi connectivity index (χ2v) is 7.29. The molecule has 2 N–H and O–H groups in total. The van der Waals surface area contributed by atoms with Crippen LogP contribution in [0.1, 0.15) is 30.9 Å². The largest absolute Gasteiger partial charge is 0.483 e. The molecule has 0 saturated heterocycles. The van der Waals surface area contributed by atoms with Gasteiger partial charge in [0.15, 0.2) is 13.2 Å². The lowest BCUT2D eigenvalue weighted by Crippen LogP contribution is -2.45. The summed E-state index contributed by atoms with van der Waals surface area (Å²) in [6, 6.07) is 10.5. The van der Waals surface area contributed by atoms with Crippen molar-refractivity contribution in [1.82, 2.24) is 10.9 Å². The molecule has 0 aliphatic carbocycles. The van der Waals surface area contributed by atoms with Gasteiger partial charge in [0.1, 0.15) is 11.5 Å². The van der Waals surface area contributed by atoms with E-state index in [2.05, 4.69) is 10.9 Å². The molecule has 28 heavy (non-hydrogen) atoms. The minimum atomic E-state index is -0.544. The fraction of sp³-hybridized carbons (Fsp3) is 0.300. The lowest BCUT2D eigenvalue weighted by molar-refractivity contribution is -0.131. The molecule has 0 saturated carbocycles. The fourth-order valence-electron chi connectivity index (χ4n) is 2.33. The van der Waals surface area contributed by atoms with E-state index in [4.69, 9.17) is 32.7 Å². The Morgan fingerprint density at radius 1 is 0.929 bits per heavy atom. The highest BCUT2D eigenvalue weighted by Crippen LogP contribution is 2.28. The Bertz CT molecular complexity index is 856. The third kappa shape index (κ3) is 6.62. The molecule has 0 fully saturated rings. The predicted molar refractivity (Wildman–Crippen MR) is 109 cm³/mol. The lowest BCUT2D eigenvalue weighted by atomic mass is 10.0. The minimum absolute atomic E-state index is 0.229. The van der Waals surface area contributed by atoms with Crippen LogP contribution in [-0.4, -0.2) is 25.0 Å². The number of hydrogen-bond donors (Lipinski definition) is 2. The van der Waals surface area contributed by atoms with Crippen molar-refractivity contribution < 1.29 is 19.1 Å². The van der Waals surface area contributed by atoms with Gasteiger partial charge in [-0.15, -0.1) is 0 Å². The van der Waals surface area contributed by atoms with Crippen molar-refractivity contribution in [2.75, 3.05) is 13.2 Å². The van der Waals surface area contributed by atoms with Gasteiger partial charge < -0.3 is 9.47 Å². The number of nitrogens with one attached hydrogen (secondary N) is 2. The van der Waals surface area contributed by atoms with Crippen molar-refractivity contribution in [2.45, 2.75) is 26.7 Å². The number of carbonyl (C=O) groups is 2. The quantitative estimate of drug-likeness (QED) is 0.657. The Balaban J connectivity index is 1.78. The Hall–Kier alpha value is -2.44. The van der Waals surface area contributed by atoms with Gasteiger partial charge in [0.2, 0.25) is 0 Å². The van der Waals surface area contributed by atoms with E-state index < -0.39 is 11.8 Å². The van der Waals surface area contributed by atoms with Gasteiger partial charge in [-0.05, 0) is 48.2 Å². The van der Waals surface area contributed by atoms with Crippen LogP contribution in [0.15, 0.2) is 36.4 Å². The molecule has 0 spiro atoms. The molecule has 6 nitrogen and oxygen atoms in total. The molecule has 8 heteroatoms. The summed E-state index contributed by atoms with van der Waals surface area (Å²) in [6.45, 7) is 5.49. The molecule has 150 valence electrons. The van der Waals surface area contributed by atoms with Crippen LogP contribution in [-0.2, 0) is 9.59 Å². The topological polar surface area (TPSA) is 76.7 Å². The Kier molecular flexibility index (Phi) is 7.96. The van der Waals surface area contributed by atoms with Crippen molar-refractivity contribution in [3.05, 3.63) is 57.6 Å². The number of hydrogen-bond acceptors (Lipinski definition) is 4. The summed E-state index contributed by atoms with van der Waals surface area (Å²) >= 11 is 11.8. The normalized spacial score (nSPS) is 10.5. The molecule has 2 amide bonds. The van der Waals surface area contributed by atoms with Gasteiger partial charge in [-0.1, -0.05) is 49.2 Å². The highest BCUT2D eigenvalue weighted by molar-refractivity contribution is 6.35. The first-order valence-corrected chi connectivity index (χ1v) is 9.40. The van der Waals surface area contributed by atoms with Crippen LogP contribution in [0.2, 0.25) is 10.0 Å². The number of carbonyl (C=O) groups excluding carboxylic acids is 2. The van der Waals surface area contributed by atoms with Gasteiger partial charge in [-0.2, -0.15) is 0 Å². The number of benzene rings is 2. The maximum atomic E-state index is 11.9. The fourth-order valence-corrected chi connectivity index (χ4v) is 2.80. The molecule has 0 bridgehead atoms. The summed E-state index contributed by atoms with van der Waals surface area (Å²) in [5.41, 5.74) is 6.58. The first kappa shape index (κ1) is 21.9. The Labute approximate surface area is 174 Å². The van der Waals surface area contributed by atoms with E-state index >= 15 is 0 Å². The van der Waals surface area contributed by atoms with E-state index in [9.17, 15) is 9.59 Å². The van der Waals surface area contributed by atoms with Crippen LogP contribution in [0.5, 0.6) is 11.5 Å². The van der Waals surface area contributed by atoms with Crippen LogP contribution in [0.4, 0.5) is 0 Å². The lowest BCUT2D eigenvalue weighted by Gasteiger charge is -2.15. The number of halogens is 2. The van der Waals surface area contributed by atoms with Crippen LogP contribution >= 0.6 is 23.2 Å². The molecule has 0 atom stereocenters. The number of amides is 2. The van der Waals surface area contributed by atoms with E-state index in [-0.39, 0.29) is 24.2 Å². The van der Waals surface area contributed by atoms with Crippen molar-refractivity contribution >= 4 is 35.0 Å². The molecule has 0 aliphatic rings. The third-order valence-corrected chi connectivity index (χ3v) is 4.27. The minimum Gasteiger partial charge on any atom is -0.483 e. The number of aryl methyl sites for hydroxylation is 1. The molecule has 0 unspecified atom stereocenters. The molecular formula is C20H22Cl2N2O4. The van der Waals surface area contributed by atoms with Gasteiger partial charge in [0, 0.05) is 5.02 Å². The molecule has 0 radical (unpaired) electrons. The zero-order chi connectivity index (χ0) is 20.7. The maximum Gasteiger partial charge on any atom is 0.276 e. The van der Waals surface area contributed by atoms with Gasteiger partial charge in [0.25, 0.3) is 11.8 Å². The highest BCUT2D eigenvalue weighted by Gasteiger charge is 2.11. The summed E-state index contributed by atoms with van der Waals surface area (Å²) in [4.78, 5) is 23.7. The average Bonchev–Trinajstić information content (AvgIpc) is 2.63. The van der Waals surface area contributed by atoms with E-state index in [0.717, 1.165) is 11.1 Å². The molecule has 0 aliphatic heterocycles. The van der Waals surface area contributed by atoms with Crippen LogP contribution < -0.4 is 20.3 Å². The smallest absolute Gasteiger partial charge is 0.276 e. The third-order valence-electron chi connectivity index (χ3n) is 3.74. The molecule has 0 heterocycles. The van der Waals surface area contributed by atoms with Crippen LogP contribution in [0, 0.1) is 6.92 Å². The van der Waals surface area contributed by atoms with Crippen LogP contribution in [0.25, 0.3) is 0 Å². The van der Waals surface area contributed by atoms with Gasteiger partial charge in [-0.25, -0.2) is 0 Å². The molecule has 2 aromatic rings. The Morgan fingerprint density at radius 2 is 1.54 bits per heavy atom. The highest BCUT2D eigenvalue weighted by atomic mass is 35.5. The standard InChI is InChI=1S/C20H22Cl2N2O4/c1-12(2)15-6-4-13(3)8-18(15)28-11-20(26)24-23-19(25)10-27-17-7-5-14(21)9-16(17)22/h4-9,12H,10-11H2,1-3H3,(H,23,25)(H,24,26). The van der Waals surface area contributed by atoms with Crippen molar-refractivity contribution in [1.29, 1.82) is 0 Å². The van der Waals surface area contributed by atoms with E-state index in [0.29, 0.717) is 16.5 Å². The monoisotopic (exact) mass is 424 g/mol. The summed E-state index contributed by atoms with van der Waals surface area (Å²) < 4.78 is 10.9. The van der Waals surface area contributed by atoms with Gasteiger partial charge >= 0.3 is 0 Å². The van der Waals surface area contributed by atoms with Crippen LogP contribution in [0.3, 0.4) is 0 Å². The number of rotatable bonds is 7. The average molecular weight is 425 g/mol. The van der Waals surface area contributed by atoms with E-state index in [1.807, 2.05) is 39.0 Å². The van der Waals surface area contributed by atoms with E-state index in [1.165, 1.54) is 6.07 Å². The zero-order valence-corrected chi connectivity index (χ0v) is 17.4. The maximum absolute atomic E-state index is 11.9. The van der Waals surface area contributed by atoms with Crippen molar-refractivity contribution in [3.63, 3.8) is 0 Å². The Morgan fingerprint density at radius 3 is 2.11 bits per heavy atom. The van der Waals surface area contributed by atoms with Gasteiger partial charge in [0.05, 0.1) is 5.02 Å². The molecule has 2 rings (SSSR count). The molecular weight excluding hydrogens is 403 g/mol. The predicted octanol–water partition coefficient (Wildman–Crippen LogP) is 4.03. The SMILES string of the molecule is Cc1ccc(C(C)C)c(OCC(=O)NNC(=O)COc2ccc(Cl)cc2Cl)c1. The second kappa shape index (κ2) is 10.2. The summed E-state index contributed by atoms with van der Waals surface area (Å²) in [5, 5.41) is 0.750. The summed E-state index contributed by atoms with van der Waals surface area (Å²) in [5.74, 6) is 0.191. The van der Waals surface area contributed by atoms with Gasteiger partial charge in [-0.3, -0.25) is 20.4 Å². The first-order chi connectivity index (χ1) is 13.3. The molecule has 2 aromatic carbocycles. The number of hydrazine groups is 1. The summed E-state index contributed by atoms with van der Waals surface area (Å²) in [7, 11) is 0. The first-order valence-electron chi connectivity index (χ1n) is 8.65.